The van der Waals surface area contributed by atoms with Crippen molar-refractivity contribution in [2.75, 3.05) is 13.7 Å². The maximum atomic E-state index is 10.8. The van der Waals surface area contributed by atoms with E-state index in [0.717, 1.165) is 31.4 Å². The Morgan fingerprint density at radius 1 is 1.39 bits per heavy atom. The van der Waals surface area contributed by atoms with Crippen LogP contribution in [0.15, 0.2) is 18.2 Å². The quantitative estimate of drug-likeness (QED) is 0.810. The predicted octanol–water partition coefficient (Wildman–Crippen LogP) is 2.90. The summed E-state index contributed by atoms with van der Waals surface area (Å²) in [6.45, 7) is 2.38. The van der Waals surface area contributed by atoms with Gasteiger partial charge >= 0.3 is 0 Å². The monoisotopic (exact) mass is 312 g/mol. The lowest BCUT2D eigenvalue weighted by Gasteiger charge is -2.50. The average molecular weight is 312 g/mol. The lowest BCUT2D eigenvalue weighted by atomic mass is 9.55. The Bertz CT molecular complexity index is 676. The van der Waals surface area contributed by atoms with Crippen LogP contribution in [0.1, 0.15) is 43.2 Å². The second-order valence-electron chi connectivity index (χ2n) is 7.57. The second kappa shape index (κ2) is 5.00. The van der Waals surface area contributed by atoms with Gasteiger partial charge in [0.15, 0.2) is 5.60 Å². The lowest BCUT2D eigenvalue weighted by Crippen LogP contribution is -2.53. The van der Waals surface area contributed by atoms with Gasteiger partial charge in [0.1, 0.15) is 5.75 Å². The predicted molar refractivity (Wildman–Crippen MR) is 88.4 cm³/mol. The summed E-state index contributed by atoms with van der Waals surface area (Å²) >= 11 is 0. The third-order valence-corrected chi connectivity index (χ3v) is 6.66. The summed E-state index contributed by atoms with van der Waals surface area (Å²) in [4.78, 5) is 0. The van der Waals surface area contributed by atoms with E-state index in [-0.39, 0.29) is 18.1 Å². The van der Waals surface area contributed by atoms with Gasteiger partial charge in [0.25, 0.3) is 0 Å². The molecular weight excluding hydrogens is 288 g/mol. The van der Waals surface area contributed by atoms with Gasteiger partial charge in [-0.15, -0.1) is 6.42 Å². The minimum atomic E-state index is -1.12. The van der Waals surface area contributed by atoms with Gasteiger partial charge in [-0.3, -0.25) is 0 Å². The fourth-order valence-electron chi connectivity index (χ4n) is 5.17. The molecule has 23 heavy (non-hydrogen) atoms. The van der Waals surface area contributed by atoms with E-state index in [2.05, 4.69) is 31.0 Å². The van der Waals surface area contributed by atoms with Crippen LogP contribution in [0.3, 0.4) is 0 Å². The second-order valence-corrected chi connectivity index (χ2v) is 7.57. The van der Waals surface area contributed by atoms with Gasteiger partial charge in [-0.25, -0.2) is 0 Å². The maximum absolute atomic E-state index is 10.8. The molecule has 1 aromatic carbocycles. The van der Waals surface area contributed by atoms with Gasteiger partial charge in [0, 0.05) is 5.41 Å². The van der Waals surface area contributed by atoms with Gasteiger partial charge in [0.2, 0.25) is 0 Å². The van der Waals surface area contributed by atoms with Gasteiger partial charge in [-0.1, -0.05) is 18.9 Å². The van der Waals surface area contributed by atoms with Crippen LogP contribution in [0, 0.1) is 23.7 Å². The molecule has 0 aromatic heterocycles. The highest BCUT2D eigenvalue weighted by Crippen LogP contribution is 2.59. The Kier molecular flexibility index (Phi) is 3.27. The van der Waals surface area contributed by atoms with Crippen molar-refractivity contribution in [3.63, 3.8) is 0 Å². The minimum absolute atomic E-state index is 0.0533. The van der Waals surface area contributed by atoms with Crippen LogP contribution in [-0.2, 0) is 11.2 Å². The number of ether oxygens (including phenoxy) is 2. The molecule has 122 valence electrons. The summed E-state index contributed by atoms with van der Waals surface area (Å²) in [7, 11) is 1.71. The Balaban J connectivity index is 1.70. The normalized spacial score (nSPS) is 41.4. The van der Waals surface area contributed by atoms with Crippen LogP contribution >= 0.6 is 0 Å². The SMILES string of the molecule is C#C[C@]1(O)CO[C@H]2[C@@H]3CCc4cc(OC)ccc4[C@H]3CC[C@@]21C. The molecule has 1 heterocycles. The Hall–Kier alpha value is -1.50. The van der Waals surface area contributed by atoms with Gasteiger partial charge in [-0.2, -0.15) is 0 Å². The van der Waals surface area contributed by atoms with E-state index in [9.17, 15) is 5.11 Å². The summed E-state index contributed by atoms with van der Waals surface area (Å²) in [6, 6.07) is 6.45. The highest BCUT2D eigenvalue weighted by molar-refractivity contribution is 5.41. The van der Waals surface area contributed by atoms with Crippen molar-refractivity contribution in [1.29, 1.82) is 0 Å². The Labute approximate surface area is 138 Å². The molecule has 3 aliphatic rings. The maximum Gasteiger partial charge on any atom is 0.156 e. The van der Waals surface area contributed by atoms with Crippen molar-refractivity contribution >= 4 is 0 Å². The minimum Gasteiger partial charge on any atom is -0.497 e. The van der Waals surface area contributed by atoms with Gasteiger partial charge in [-0.05, 0) is 60.8 Å². The zero-order valence-electron chi connectivity index (χ0n) is 13.8. The van der Waals surface area contributed by atoms with E-state index in [1.165, 1.54) is 11.1 Å². The molecule has 2 aliphatic carbocycles. The van der Waals surface area contributed by atoms with Crippen LogP contribution < -0.4 is 4.74 Å². The first-order chi connectivity index (χ1) is 11.0. The van der Waals surface area contributed by atoms with E-state index in [4.69, 9.17) is 15.9 Å². The molecule has 3 nitrogen and oxygen atoms in total. The third kappa shape index (κ3) is 1.92. The van der Waals surface area contributed by atoms with Crippen molar-refractivity contribution in [3.8, 4) is 18.1 Å². The molecule has 0 bridgehead atoms. The van der Waals surface area contributed by atoms with E-state index in [1.807, 2.05) is 0 Å². The topological polar surface area (TPSA) is 38.7 Å². The fraction of sp³-hybridized carbons (Fsp3) is 0.600. The molecule has 4 rings (SSSR count). The highest BCUT2D eigenvalue weighted by atomic mass is 16.5. The van der Waals surface area contributed by atoms with E-state index >= 15 is 0 Å². The molecule has 0 unspecified atom stereocenters. The summed E-state index contributed by atoms with van der Waals surface area (Å²) in [5.74, 6) is 4.50. The Morgan fingerprint density at radius 2 is 2.22 bits per heavy atom. The smallest absolute Gasteiger partial charge is 0.156 e. The molecule has 1 aromatic rings. The molecule has 0 amide bonds. The van der Waals surface area contributed by atoms with E-state index in [1.54, 1.807) is 7.11 Å². The number of rotatable bonds is 1. The first-order valence-corrected chi connectivity index (χ1v) is 8.51. The molecule has 1 N–H and O–H groups in total. The third-order valence-electron chi connectivity index (χ3n) is 6.66. The molecule has 0 spiro atoms. The van der Waals surface area contributed by atoms with Crippen molar-refractivity contribution in [2.45, 2.75) is 50.2 Å². The fourth-order valence-corrected chi connectivity index (χ4v) is 5.17. The molecule has 3 heteroatoms. The van der Waals surface area contributed by atoms with Crippen molar-refractivity contribution < 1.29 is 14.6 Å². The summed E-state index contributed by atoms with van der Waals surface area (Å²) in [5, 5.41) is 10.8. The molecule has 0 radical (unpaired) electrons. The standard InChI is InChI=1S/C20H24O3/c1-4-20(21)12-23-18-17-7-5-13-11-14(22-3)6-8-15(13)16(17)9-10-19(18,20)2/h1,6,8,11,16-18,21H,5,7,9-10,12H2,2-3H3/t16-,17-,18+,19+,20+/m1/s1. The van der Waals surface area contributed by atoms with Gasteiger partial charge < -0.3 is 14.6 Å². The summed E-state index contributed by atoms with van der Waals surface area (Å²) < 4.78 is 11.4. The zero-order chi connectivity index (χ0) is 16.2. The highest BCUT2D eigenvalue weighted by Gasteiger charge is 2.62. The number of aryl methyl sites for hydroxylation is 1. The van der Waals surface area contributed by atoms with Crippen molar-refractivity contribution in [3.05, 3.63) is 29.3 Å². The summed E-state index contributed by atoms with van der Waals surface area (Å²) in [5.41, 5.74) is 1.39. The van der Waals surface area contributed by atoms with Crippen molar-refractivity contribution in [2.24, 2.45) is 11.3 Å². The lowest BCUT2D eigenvalue weighted by molar-refractivity contribution is -0.0625. The van der Waals surface area contributed by atoms with E-state index in [0.29, 0.717) is 11.8 Å². The van der Waals surface area contributed by atoms with Crippen molar-refractivity contribution in [1.82, 2.24) is 0 Å². The molecule has 5 atom stereocenters. The number of methoxy groups -OCH3 is 1. The number of benzene rings is 1. The zero-order valence-corrected chi connectivity index (χ0v) is 13.8. The number of hydrogen-bond acceptors (Lipinski definition) is 3. The van der Waals surface area contributed by atoms with Crippen LogP contribution in [-0.4, -0.2) is 30.5 Å². The number of terminal acetylenes is 1. The average Bonchev–Trinajstić information content (AvgIpc) is 2.86. The van der Waals surface area contributed by atoms with Crippen LogP contribution in [0.5, 0.6) is 5.75 Å². The number of hydrogen-bond donors (Lipinski definition) is 1. The first kappa shape index (κ1) is 15.1. The van der Waals surface area contributed by atoms with E-state index < -0.39 is 5.60 Å². The first-order valence-electron chi connectivity index (χ1n) is 8.51. The molecule has 1 saturated heterocycles. The van der Waals surface area contributed by atoms with Crippen LogP contribution in [0.2, 0.25) is 0 Å². The van der Waals surface area contributed by atoms with Gasteiger partial charge in [0.05, 0.1) is 19.8 Å². The Morgan fingerprint density at radius 3 is 2.96 bits per heavy atom. The summed E-state index contributed by atoms with van der Waals surface area (Å²) in [6.07, 6.45) is 9.79. The van der Waals surface area contributed by atoms with Crippen LogP contribution in [0.25, 0.3) is 0 Å². The largest absolute Gasteiger partial charge is 0.497 e. The number of aliphatic hydroxyl groups is 1. The molecule has 2 fully saturated rings. The molecular formula is C20H24O3. The molecule has 1 saturated carbocycles. The van der Waals surface area contributed by atoms with Crippen LogP contribution in [0.4, 0.5) is 0 Å². The number of fused-ring (bicyclic) bond motifs is 5. The molecule has 1 aliphatic heterocycles.